The predicted molar refractivity (Wildman–Crippen MR) is 166 cm³/mol. The highest BCUT2D eigenvalue weighted by Gasteiger charge is 2.36. The van der Waals surface area contributed by atoms with E-state index in [2.05, 4.69) is 32.8 Å². The van der Waals surface area contributed by atoms with E-state index >= 15 is 0 Å². The van der Waals surface area contributed by atoms with Crippen LogP contribution in [0.2, 0.25) is 0 Å². The lowest BCUT2D eigenvalue weighted by molar-refractivity contribution is -0.0369. The normalized spacial score (nSPS) is 20.6. The second kappa shape index (κ2) is 11.7. The lowest BCUT2D eigenvalue weighted by Gasteiger charge is -2.39. The Morgan fingerprint density at radius 3 is 2.66 bits per heavy atom. The summed E-state index contributed by atoms with van der Waals surface area (Å²) in [5, 5.41) is 15.6. The number of aliphatic imine (C=N–C) groups is 1. The van der Waals surface area contributed by atoms with Gasteiger partial charge in [-0.15, -0.1) is 5.10 Å². The van der Waals surface area contributed by atoms with E-state index in [4.69, 9.17) is 25.5 Å². The Morgan fingerprint density at radius 1 is 1.09 bits per heavy atom. The molecule has 1 unspecified atom stereocenters. The number of aromatic nitrogens is 5. The first-order chi connectivity index (χ1) is 21.4. The Balaban J connectivity index is 1.20. The van der Waals surface area contributed by atoms with Gasteiger partial charge in [-0.1, -0.05) is 13.0 Å². The number of piperidine rings is 1. The van der Waals surface area contributed by atoms with Crippen molar-refractivity contribution in [3.63, 3.8) is 0 Å². The van der Waals surface area contributed by atoms with Crippen LogP contribution >= 0.6 is 0 Å². The zero-order valence-electron chi connectivity index (χ0n) is 25.0. The third kappa shape index (κ3) is 5.36. The van der Waals surface area contributed by atoms with E-state index in [1.54, 1.807) is 12.1 Å². The van der Waals surface area contributed by atoms with Gasteiger partial charge in [0.05, 0.1) is 12.3 Å². The van der Waals surface area contributed by atoms with E-state index in [1.807, 2.05) is 16.9 Å². The second-order valence-corrected chi connectivity index (χ2v) is 12.2. The van der Waals surface area contributed by atoms with Gasteiger partial charge in [-0.3, -0.25) is 4.98 Å². The molecule has 0 aliphatic carbocycles. The molecule has 0 radical (unpaired) electrons. The van der Waals surface area contributed by atoms with E-state index in [0.29, 0.717) is 60.4 Å². The largest absolute Gasteiger partial charge is 0.390 e. The minimum absolute atomic E-state index is 0.215. The maximum absolute atomic E-state index is 13.4. The highest BCUT2D eigenvalue weighted by atomic mass is 19.1. The molecule has 2 fully saturated rings. The van der Waals surface area contributed by atoms with Crippen LogP contribution in [-0.2, 0) is 24.3 Å². The average Bonchev–Trinajstić information content (AvgIpc) is 3.44. The maximum Gasteiger partial charge on any atom is 0.183 e. The molecular weight excluding hydrogens is 561 g/mol. The number of aliphatic hydroxyl groups is 1. The molecule has 0 amide bonds. The van der Waals surface area contributed by atoms with Crippen molar-refractivity contribution in [2.24, 2.45) is 16.1 Å². The third-order valence-corrected chi connectivity index (χ3v) is 9.26. The smallest absolute Gasteiger partial charge is 0.183 e. The first-order valence-electron chi connectivity index (χ1n) is 15.5. The van der Waals surface area contributed by atoms with Crippen molar-refractivity contribution in [3.8, 4) is 0 Å². The quantitative estimate of drug-likeness (QED) is 0.244. The minimum atomic E-state index is -0.327. The topological polar surface area (TPSA) is 131 Å². The minimum Gasteiger partial charge on any atom is -0.390 e. The molecule has 44 heavy (non-hydrogen) atoms. The van der Waals surface area contributed by atoms with Gasteiger partial charge >= 0.3 is 0 Å². The SMILES string of the molecule is CC1(C(N)=Nc2ccc(F)cc2)CCN(c2nc3c(nc2CO)c(N2CCc4ncccc4C2)nn3C2CCCCO2)CC1. The number of nitrogens with zero attached hydrogens (tertiary/aromatic N) is 8. The molecule has 1 atom stereocenters. The van der Waals surface area contributed by atoms with E-state index in [-0.39, 0.29) is 24.1 Å². The Hall–Kier alpha value is -4.16. The molecule has 7 rings (SSSR count). The van der Waals surface area contributed by atoms with Gasteiger partial charge in [0.1, 0.15) is 17.3 Å². The molecule has 2 saturated heterocycles. The van der Waals surface area contributed by atoms with Gasteiger partial charge in [0.2, 0.25) is 0 Å². The van der Waals surface area contributed by atoms with Crippen molar-refractivity contribution >= 4 is 34.3 Å². The third-order valence-electron chi connectivity index (χ3n) is 9.26. The molecule has 0 bridgehead atoms. The number of aliphatic hydroxyl groups excluding tert-OH is 1. The fourth-order valence-electron chi connectivity index (χ4n) is 6.45. The fourth-order valence-corrected chi connectivity index (χ4v) is 6.45. The summed E-state index contributed by atoms with van der Waals surface area (Å²) in [6.45, 7) is 5.35. The molecule has 6 heterocycles. The van der Waals surface area contributed by atoms with Gasteiger partial charge in [0.25, 0.3) is 0 Å². The summed E-state index contributed by atoms with van der Waals surface area (Å²) >= 11 is 0. The second-order valence-electron chi connectivity index (χ2n) is 12.2. The van der Waals surface area contributed by atoms with E-state index < -0.39 is 0 Å². The molecule has 230 valence electrons. The summed E-state index contributed by atoms with van der Waals surface area (Å²) < 4.78 is 21.4. The van der Waals surface area contributed by atoms with Crippen molar-refractivity contribution in [2.75, 3.05) is 36.0 Å². The zero-order valence-corrected chi connectivity index (χ0v) is 25.0. The van der Waals surface area contributed by atoms with Crippen molar-refractivity contribution < 1.29 is 14.2 Å². The van der Waals surface area contributed by atoms with Gasteiger partial charge < -0.3 is 25.4 Å². The van der Waals surface area contributed by atoms with E-state index in [9.17, 15) is 9.50 Å². The van der Waals surface area contributed by atoms with Crippen molar-refractivity contribution in [3.05, 3.63) is 65.4 Å². The van der Waals surface area contributed by atoms with Crippen LogP contribution in [0.15, 0.2) is 47.6 Å². The number of anilines is 2. The monoisotopic (exact) mass is 599 g/mol. The lowest BCUT2D eigenvalue weighted by Crippen LogP contribution is -2.46. The fraction of sp³-hybridized carbons (Fsp3) is 0.469. The lowest BCUT2D eigenvalue weighted by atomic mass is 9.79. The van der Waals surface area contributed by atoms with Gasteiger partial charge in [-0.05, 0) is 68.0 Å². The maximum atomic E-state index is 13.4. The van der Waals surface area contributed by atoms with Crippen LogP contribution in [0.25, 0.3) is 11.2 Å². The summed E-state index contributed by atoms with van der Waals surface area (Å²) in [4.78, 5) is 23.7. The van der Waals surface area contributed by atoms with Crippen LogP contribution in [0.1, 0.15) is 62.2 Å². The molecule has 0 spiro atoms. The van der Waals surface area contributed by atoms with Crippen LogP contribution in [0.3, 0.4) is 0 Å². The molecule has 0 saturated carbocycles. The Bertz CT molecular complexity index is 1680. The standard InChI is InChI=1S/C32H38FN9O2/c1-32(31(34)36-23-9-7-22(33)8-10-23)12-16-40(17-13-32)28-25(20-43)37-27-29(38-28)42(26-6-2-3-18-44-26)39-30(27)41-15-11-24-21(19-41)5-4-14-35-24/h4-5,7-10,14,26,43H,2-3,6,11-13,15-20H2,1H3,(H2,34,36). The molecule has 11 nitrogen and oxygen atoms in total. The number of pyridine rings is 1. The summed E-state index contributed by atoms with van der Waals surface area (Å²) in [5.74, 6) is 1.64. The molecule has 1 aromatic carbocycles. The Labute approximate surface area is 255 Å². The van der Waals surface area contributed by atoms with Crippen molar-refractivity contribution in [1.29, 1.82) is 0 Å². The predicted octanol–water partition coefficient (Wildman–Crippen LogP) is 4.41. The molecule has 3 aliphatic rings. The van der Waals surface area contributed by atoms with Gasteiger partial charge in [-0.2, -0.15) is 0 Å². The molecule has 3 aliphatic heterocycles. The summed E-state index contributed by atoms with van der Waals surface area (Å²) in [6.07, 6.45) is 6.88. The number of halogens is 1. The molecular formula is C32H38FN9O2. The van der Waals surface area contributed by atoms with E-state index in [1.165, 1.54) is 17.7 Å². The molecule has 3 N–H and O–H groups in total. The first-order valence-corrected chi connectivity index (χ1v) is 15.5. The number of fused-ring (bicyclic) bond motifs is 2. The van der Waals surface area contributed by atoms with Crippen LogP contribution in [0.4, 0.5) is 21.7 Å². The van der Waals surface area contributed by atoms with Crippen molar-refractivity contribution in [1.82, 2.24) is 24.7 Å². The number of nitrogens with two attached hydrogens (primary N) is 1. The summed E-state index contributed by atoms with van der Waals surface area (Å²) in [6, 6.07) is 10.1. The average molecular weight is 600 g/mol. The van der Waals surface area contributed by atoms with Crippen LogP contribution < -0.4 is 15.5 Å². The molecule has 3 aromatic heterocycles. The Kier molecular flexibility index (Phi) is 7.63. The number of ether oxygens (including phenoxy) is 1. The zero-order chi connectivity index (χ0) is 30.3. The number of hydrogen-bond acceptors (Lipinski definition) is 9. The number of benzene rings is 1. The summed E-state index contributed by atoms with van der Waals surface area (Å²) in [5.41, 5.74) is 11.0. The molecule has 4 aromatic rings. The van der Waals surface area contributed by atoms with Crippen LogP contribution in [0.5, 0.6) is 0 Å². The highest BCUT2D eigenvalue weighted by Crippen LogP contribution is 2.37. The van der Waals surface area contributed by atoms with Gasteiger partial charge in [-0.25, -0.2) is 24.0 Å². The molecule has 12 heteroatoms. The Morgan fingerprint density at radius 2 is 1.91 bits per heavy atom. The number of rotatable bonds is 6. The first kappa shape index (κ1) is 28.6. The highest BCUT2D eigenvalue weighted by molar-refractivity contribution is 5.89. The van der Waals surface area contributed by atoms with Gasteiger partial charge in [0.15, 0.2) is 29.0 Å². The number of amidine groups is 1. The van der Waals surface area contributed by atoms with Gasteiger partial charge in [0, 0.05) is 56.5 Å². The van der Waals surface area contributed by atoms with Crippen molar-refractivity contribution in [2.45, 2.75) is 64.8 Å². The summed E-state index contributed by atoms with van der Waals surface area (Å²) in [7, 11) is 0. The van der Waals surface area contributed by atoms with Crippen LogP contribution in [-0.4, -0.2) is 61.9 Å². The van der Waals surface area contributed by atoms with Crippen LogP contribution in [0, 0.1) is 11.2 Å². The van der Waals surface area contributed by atoms with E-state index in [0.717, 1.165) is 56.6 Å². The number of hydrogen-bond donors (Lipinski definition) is 2.